The second kappa shape index (κ2) is 4.77. The maximum absolute atomic E-state index is 4.14. The van der Waals surface area contributed by atoms with Crippen LogP contribution in [0.3, 0.4) is 0 Å². The number of nitrogens with one attached hydrogen (secondary N) is 1. The standard InChI is InChI=1S/C11H12N6S/c1-8-7-18-11(10-13-15-16-14-10)17(8)6-9-3-2-4-12-5-9/h2-5,7,11H,6H2,1H3,(H,13,14,15,16). The third-order valence-electron chi connectivity index (χ3n) is 2.76. The van der Waals surface area contributed by atoms with Gasteiger partial charge in [-0.05, 0) is 24.0 Å². The molecule has 92 valence electrons. The lowest BCUT2D eigenvalue weighted by atomic mass is 10.2. The Balaban J connectivity index is 1.82. The van der Waals surface area contributed by atoms with Gasteiger partial charge in [-0.1, -0.05) is 23.0 Å². The lowest BCUT2D eigenvalue weighted by molar-refractivity contribution is 0.320. The average molecular weight is 260 g/mol. The number of tetrazole rings is 1. The van der Waals surface area contributed by atoms with E-state index >= 15 is 0 Å². The summed E-state index contributed by atoms with van der Waals surface area (Å²) in [6.07, 6.45) is 3.66. The molecule has 3 heterocycles. The van der Waals surface area contributed by atoms with Crippen molar-refractivity contribution in [1.29, 1.82) is 0 Å². The molecule has 1 aliphatic rings. The summed E-state index contributed by atoms with van der Waals surface area (Å²) in [6, 6.07) is 4.01. The second-order valence-corrected chi connectivity index (χ2v) is 4.96. The monoisotopic (exact) mass is 260 g/mol. The Morgan fingerprint density at radius 2 is 2.44 bits per heavy atom. The molecule has 0 saturated heterocycles. The van der Waals surface area contributed by atoms with E-state index in [0.29, 0.717) is 5.82 Å². The molecule has 0 aromatic carbocycles. The molecule has 0 aliphatic carbocycles. The third kappa shape index (κ3) is 2.08. The van der Waals surface area contributed by atoms with Crippen molar-refractivity contribution in [1.82, 2.24) is 30.5 Å². The van der Waals surface area contributed by atoms with Gasteiger partial charge in [0, 0.05) is 24.6 Å². The maximum Gasteiger partial charge on any atom is 0.207 e. The molecule has 2 aromatic rings. The minimum Gasteiger partial charge on any atom is -0.351 e. The maximum atomic E-state index is 4.14. The van der Waals surface area contributed by atoms with Gasteiger partial charge in [0.15, 0.2) is 0 Å². The predicted molar refractivity (Wildman–Crippen MR) is 68.0 cm³/mol. The van der Waals surface area contributed by atoms with Crippen LogP contribution in [0, 0.1) is 0 Å². The van der Waals surface area contributed by atoms with E-state index in [4.69, 9.17) is 0 Å². The van der Waals surface area contributed by atoms with Gasteiger partial charge >= 0.3 is 0 Å². The molecule has 1 aliphatic heterocycles. The van der Waals surface area contributed by atoms with Crippen molar-refractivity contribution in [2.24, 2.45) is 0 Å². The van der Waals surface area contributed by atoms with Gasteiger partial charge in [-0.25, -0.2) is 0 Å². The SMILES string of the molecule is CC1=CSC(c2nn[nH]n2)N1Cc1cccnc1. The number of H-pyrrole nitrogens is 1. The summed E-state index contributed by atoms with van der Waals surface area (Å²) in [5, 5.41) is 16.5. The van der Waals surface area contributed by atoms with Crippen LogP contribution in [0.1, 0.15) is 23.7 Å². The summed E-state index contributed by atoms with van der Waals surface area (Å²) in [5.41, 5.74) is 2.37. The third-order valence-corrected chi connectivity index (χ3v) is 3.96. The largest absolute Gasteiger partial charge is 0.351 e. The average Bonchev–Trinajstić information content (AvgIpc) is 3.02. The molecule has 0 fully saturated rings. The smallest absolute Gasteiger partial charge is 0.207 e. The number of pyridine rings is 1. The van der Waals surface area contributed by atoms with Crippen LogP contribution in [0.4, 0.5) is 0 Å². The van der Waals surface area contributed by atoms with Gasteiger partial charge in [0.25, 0.3) is 0 Å². The van der Waals surface area contributed by atoms with Gasteiger partial charge in [0.2, 0.25) is 5.82 Å². The van der Waals surface area contributed by atoms with Crippen LogP contribution in [0.25, 0.3) is 0 Å². The van der Waals surface area contributed by atoms with E-state index < -0.39 is 0 Å². The Hall–Kier alpha value is -1.89. The molecule has 0 spiro atoms. The number of allylic oxidation sites excluding steroid dienone is 1. The van der Waals surface area contributed by atoms with Crippen molar-refractivity contribution in [2.75, 3.05) is 0 Å². The Kier molecular flexibility index (Phi) is 2.97. The van der Waals surface area contributed by atoms with Crippen LogP contribution in [-0.4, -0.2) is 30.5 Å². The van der Waals surface area contributed by atoms with Gasteiger partial charge in [-0.3, -0.25) is 4.98 Å². The Morgan fingerprint density at radius 1 is 1.50 bits per heavy atom. The van der Waals surface area contributed by atoms with Crippen molar-refractivity contribution < 1.29 is 0 Å². The predicted octanol–water partition coefficient (Wildman–Crippen LogP) is 1.70. The van der Waals surface area contributed by atoms with Gasteiger partial charge < -0.3 is 4.90 Å². The second-order valence-electron chi connectivity index (χ2n) is 4.01. The number of hydrogen-bond donors (Lipinski definition) is 1. The first-order chi connectivity index (χ1) is 8.84. The molecule has 1 unspecified atom stereocenters. The van der Waals surface area contributed by atoms with Gasteiger partial charge in [0.1, 0.15) is 5.37 Å². The molecule has 2 aromatic heterocycles. The molecule has 7 heteroatoms. The van der Waals surface area contributed by atoms with Crippen LogP contribution in [0.2, 0.25) is 0 Å². The number of nitrogens with zero attached hydrogens (tertiary/aromatic N) is 5. The first kappa shape index (κ1) is 11.2. The van der Waals surface area contributed by atoms with Crippen molar-refractivity contribution in [3.8, 4) is 0 Å². The minimum atomic E-state index is 0.0870. The van der Waals surface area contributed by atoms with Gasteiger partial charge in [0.05, 0.1) is 0 Å². The Labute approximate surface area is 108 Å². The molecule has 18 heavy (non-hydrogen) atoms. The van der Waals surface area contributed by atoms with Crippen LogP contribution < -0.4 is 0 Å². The molecule has 1 N–H and O–H groups in total. The quantitative estimate of drug-likeness (QED) is 0.905. The summed E-state index contributed by atoms with van der Waals surface area (Å²) in [7, 11) is 0. The first-order valence-electron chi connectivity index (χ1n) is 5.56. The molecular formula is C11H12N6S. The molecular weight excluding hydrogens is 248 g/mol. The zero-order valence-electron chi connectivity index (χ0n) is 9.82. The topological polar surface area (TPSA) is 70.6 Å². The highest BCUT2D eigenvalue weighted by molar-refractivity contribution is 8.02. The summed E-state index contributed by atoms with van der Waals surface area (Å²) < 4.78 is 0. The number of thioether (sulfide) groups is 1. The lowest BCUT2D eigenvalue weighted by Crippen LogP contribution is -2.22. The van der Waals surface area contributed by atoms with Crippen LogP contribution in [0.5, 0.6) is 0 Å². The number of hydrogen-bond acceptors (Lipinski definition) is 6. The fourth-order valence-electron chi connectivity index (χ4n) is 1.86. The van der Waals surface area contributed by atoms with Crippen LogP contribution >= 0.6 is 11.8 Å². The molecule has 1 atom stereocenters. The molecule has 0 saturated carbocycles. The molecule has 0 amide bonds. The minimum absolute atomic E-state index is 0.0870. The van der Waals surface area contributed by atoms with Crippen LogP contribution in [-0.2, 0) is 6.54 Å². The number of rotatable bonds is 3. The van der Waals surface area contributed by atoms with Crippen molar-refractivity contribution in [3.05, 3.63) is 47.0 Å². The molecule has 3 rings (SSSR count). The highest BCUT2D eigenvalue weighted by Crippen LogP contribution is 2.41. The van der Waals surface area contributed by atoms with Gasteiger partial charge in [-0.15, -0.1) is 10.2 Å². The fourth-order valence-corrected chi connectivity index (χ4v) is 2.93. The van der Waals surface area contributed by atoms with E-state index in [1.165, 1.54) is 11.3 Å². The van der Waals surface area contributed by atoms with E-state index in [2.05, 4.69) is 48.9 Å². The van der Waals surface area contributed by atoms with E-state index in [0.717, 1.165) is 6.54 Å². The van der Waals surface area contributed by atoms with E-state index in [9.17, 15) is 0 Å². The number of aromatic amines is 1. The molecule has 6 nitrogen and oxygen atoms in total. The highest BCUT2D eigenvalue weighted by atomic mass is 32.2. The van der Waals surface area contributed by atoms with E-state index in [1.807, 2.05) is 12.3 Å². The summed E-state index contributed by atoms with van der Waals surface area (Å²) in [6.45, 7) is 2.88. The normalized spacial score (nSPS) is 19.1. The zero-order valence-corrected chi connectivity index (χ0v) is 10.6. The lowest BCUT2D eigenvalue weighted by Gasteiger charge is -2.25. The molecule has 0 bridgehead atoms. The van der Waals surface area contributed by atoms with Crippen molar-refractivity contribution in [3.63, 3.8) is 0 Å². The Bertz CT molecular complexity index is 538. The van der Waals surface area contributed by atoms with Crippen molar-refractivity contribution in [2.45, 2.75) is 18.8 Å². The first-order valence-corrected chi connectivity index (χ1v) is 6.50. The fraction of sp³-hybridized carbons (Fsp3) is 0.273. The van der Waals surface area contributed by atoms with Crippen molar-refractivity contribution >= 4 is 11.8 Å². The van der Waals surface area contributed by atoms with E-state index in [-0.39, 0.29) is 5.37 Å². The Morgan fingerprint density at radius 3 is 3.17 bits per heavy atom. The highest BCUT2D eigenvalue weighted by Gasteiger charge is 2.29. The summed E-state index contributed by atoms with van der Waals surface area (Å²) >= 11 is 1.69. The van der Waals surface area contributed by atoms with Crippen LogP contribution in [0.15, 0.2) is 35.6 Å². The summed E-state index contributed by atoms with van der Waals surface area (Å²) in [4.78, 5) is 6.38. The zero-order chi connectivity index (χ0) is 12.4. The summed E-state index contributed by atoms with van der Waals surface area (Å²) in [5.74, 6) is 0.706. The molecule has 0 radical (unpaired) electrons. The number of aromatic nitrogens is 5. The van der Waals surface area contributed by atoms with E-state index in [1.54, 1.807) is 18.0 Å². The van der Waals surface area contributed by atoms with Gasteiger partial charge in [-0.2, -0.15) is 5.21 Å².